The number of benzene rings is 1. The van der Waals surface area contributed by atoms with Gasteiger partial charge in [0.15, 0.2) is 5.75 Å². The molecule has 0 spiro atoms. The van der Waals surface area contributed by atoms with E-state index in [2.05, 4.69) is 38.4 Å². The van der Waals surface area contributed by atoms with Gasteiger partial charge in [-0.15, -0.1) is 5.48 Å². The quantitative estimate of drug-likeness (QED) is 0.482. The van der Waals surface area contributed by atoms with Crippen molar-refractivity contribution in [1.82, 2.24) is 5.48 Å². The first-order chi connectivity index (χ1) is 7.45. The van der Waals surface area contributed by atoms with Gasteiger partial charge in [-0.25, -0.2) is 0 Å². The van der Waals surface area contributed by atoms with Crippen LogP contribution in [0.25, 0.3) is 0 Å². The van der Waals surface area contributed by atoms with Gasteiger partial charge in [-0.3, -0.25) is 0 Å². The number of aldehydes is 1. The molecule has 0 heterocycles. The maximum absolute atomic E-state index is 10.2. The molecule has 0 fully saturated rings. The van der Waals surface area contributed by atoms with Crippen molar-refractivity contribution >= 4 is 6.29 Å². The SMILES string of the molecule is Cc1ccc(C(C)(C)C)c(ONCC=O)c1. The monoisotopic (exact) mass is 221 g/mol. The van der Waals surface area contributed by atoms with Crippen molar-refractivity contribution in [2.45, 2.75) is 33.1 Å². The Bertz CT molecular complexity index is 367. The fraction of sp³-hybridized carbons (Fsp3) is 0.462. The Morgan fingerprint density at radius 2 is 2.06 bits per heavy atom. The van der Waals surface area contributed by atoms with E-state index in [0.29, 0.717) is 0 Å². The number of rotatable bonds is 4. The lowest BCUT2D eigenvalue weighted by Crippen LogP contribution is -2.23. The first-order valence-corrected chi connectivity index (χ1v) is 5.39. The molecule has 0 aliphatic carbocycles. The summed E-state index contributed by atoms with van der Waals surface area (Å²) in [7, 11) is 0. The van der Waals surface area contributed by atoms with E-state index in [-0.39, 0.29) is 12.0 Å². The summed E-state index contributed by atoms with van der Waals surface area (Å²) in [6.07, 6.45) is 0.770. The van der Waals surface area contributed by atoms with E-state index in [4.69, 9.17) is 4.84 Å². The minimum absolute atomic E-state index is 0.0197. The summed E-state index contributed by atoms with van der Waals surface area (Å²) in [5, 5.41) is 0. The molecular formula is C13H19NO2. The molecule has 0 saturated heterocycles. The normalized spacial score (nSPS) is 11.2. The van der Waals surface area contributed by atoms with E-state index in [1.165, 1.54) is 0 Å². The van der Waals surface area contributed by atoms with E-state index in [9.17, 15) is 4.79 Å². The van der Waals surface area contributed by atoms with Crippen molar-refractivity contribution in [2.75, 3.05) is 6.54 Å². The molecule has 1 aromatic rings. The maximum atomic E-state index is 10.2. The van der Waals surface area contributed by atoms with Gasteiger partial charge in [0, 0.05) is 5.56 Å². The highest BCUT2D eigenvalue weighted by Gasteiger charge is 2.19. The Kier molecular flexibility index (Phi) is 4.07. The largest absolute Gasteiger partial charge is 0.408 e. The molecule has 3 nitrogen and oxygen atoms in total. The predicted octanol–water partition coefficient (Wildman–Crippen LogP) is 2.37. The van der Waals surface area contributed by atoms with Gasteiger partial charge in [-0.1, -0.05) is 32.9 Å². The molecule has 0 radical (unpaired) electrons. The standard InChI is InChI=1S/C13H19NO2/c1-10-5-6-11(13(2,3)4)12(9-10)16-14-7-8-15/h5-6,8-9,14H,7H2,1-4H3. The smallest absolute Gasteiger partial charge is 0.151 e. The molecule has 1 aromatic carbocycles. The van der Waals surface area contributed by atoms with Crippen LogP contribution in [0.4, 0.5) is 0 Å². The molecule has 0 atom stereocenters. The first kappa shape index (κ1) is 12.7. The van der Waals surface area contributed by atoms with E-state index in [1.54, 1.807) is 0 Å². The van der Waals surface area contributed by atoms with Crippen molar-refractivity contribution in [1.29, 1.82) is 0 Å². The lowest BCUT2D eigenvalue weighted by atomic mass is 9.86. The molecule has 0 aromatic heterocycles. The summed E-state index contributed by atoms with van der Waals surface area (Å²) in [6.45, 7) is 8.59. The number of carbonyl (C=O) groups is 1. The Morgan fingerprint density at radius 3 is 2.62 bits per heavy atom. The molecule has 16 heavy (non-hydrogen) atoms. The van der Waals surface area contributed by atoms with Crippen LogP contribution in [0, 0.1) is 6.92 Å². The van der Waals surface area contributed by atoms with Crippen LogP contribution in [0.5, 0.6) is 5.75 Å². The number of carbonyl (C=O) groups excluding carboxylic acids is 1. The van der Waals surface area contributed by atoms with Gasteiger partial charge in [0.25, 0.3) is 0 Å². The minimum Gasteiger partial charge on any atom is -0.408 e. The van der Waals surface area contributed by atoms with Crippen LogP contribution in [0.1, 0.15) is 31.9 Å². The van der Waals surface area contributed by atoms with Crippen LogP contribution in [0.3, 0.4) is 0 Å². The van der Waals surface area contributed by atoms with Gasteiger partial charge >= 0.3 is 0 Å². The van der Waals surface area contributed by atoms with Crippen molar-refractivity contribution in [3.63, 3.8) is 0 Å². The van der Waals surface area contributed by atoms with Crippen LogP contribution in [-0.2, 0) is 10.2 Å². The second-order valence-electron chi connectivity index (χ2n) is 4.87. The van der Waals surface area contributed by atoms with Crippen molar-refractivity contribution < 1.29 is 9.63 Å². The first-order valence-electron chi connectivity index (χ1n) is 5.39. The molecule has 3 heteroatoms. The van der Waals surface area contributed by atoms with Crippen LogP contribution >= 0.6 is 0 Å². The van der Waals surface area contributed by atoms with Crippen molar-refractivity contribution in [2.24, 2.45) is 0 Å². The lowest BCUT2D eigenvalue weighted by molar-refractivity contribution is -0.108. The zero-order valence-electron chi connectivity index (χ0n) is 10.3. The molecule has 0 aliphatic rings. The summed E-state index contributed by atoms with van der Waals surface area (Å²) < 4.78 is 0. The fourth-order valence-electron chi connectivity index (χ4n) is 1.49. The lowest BCUT2D eigenvalue weighted by Gasteiger charge is -2.22. The van der Waals surface area contributed by atoms with Crippen molar-refractivity contribution in [3.8, 4) is 5.75 Å². The molecule has 0 bridgehead atoms. The molecule has 0 amide bonds. The molecule has 0 unspecified atom stereocenters. The summed E-state index contributed by atoms with van der Waals surface area (Å²) >= 11 is 0. The highest BCUT2D eigenvalue weighted by Crippen LogP contribution is 2.31. The Hall–Kier alpha value is -1.35. The summed E-state index contributed by atoms with van der Waals surface area (Å²) in [4.78, 5) is 15.6. The average Bonchev–Trinajstić information content (AvgIpc) is 2.16. The zero-order valence-corrected chi connectivity index (χ0v) is 10.3. The highest BCUT2D eigenvalue weighted by atomic mass is 16.6. The number of hydrogen-bond donors (Lipinski definition) is 1. The molecule has 1 N–H and O–H groups in total. The summed E-state index contributed by atoms with van der Waals surface area (Å²) in [5.74, 6) is 0.786. The Labute approximate surface area is 96.8 Å². The van der Waals surface area contributed by atoms with Gasteiger partial charge in [-0.05, 0) is 24.0 Å². The molecule has 0 saturated carbocycles. The zero-order chi connectivity index (χ0) is 12.2. The van der Waals surface area contributed by atoms with E-state index in [0.717, 1.165) is 23.2 Å². The van der Waals surface area contributed by atoms with Crippen LogP contribution in [0.15, 0.2) is 18.2 Å². The Balaban J connectivity index is 2.94. The third-order valence-corrected chi connectivity index (χ3v) is 2.29. The number of aryl methyl sites for hydroxylation is 1. The van der Waals surface area contributed by atoms with Crippen LogP contribution in [-0.4, -0.2) is 12.8 Å². The summed E-state index contributed by atoms with van der Waals surface area (Å²) in [5.41, 5.74) is 4.90. The number of hydrogen-bond acceptors (Lipinski definition) is 3. The molecule has 0 aliphatic heterocycles. The maximum Gasteiger partial charge on any atom is 0.151 e. The van der Waals surface area contributed by atoms with Crippen LogP contribution < -0.4 is 10.3 Å². The molecule has 1 rings (SSSR count). The van der Waals surface area contributed by atoms with Gasteiger partial charge in [0.05, 0.1) is 6.54 Å². The van der Waals surface area contributed by atoms with Gasteiger partial charge in [0.2, 0.25) is 0 Å². The van der Waals surface area contributed by atoms with Gasteiger partial charge in [0.1, 0.15) is 6.29 Å². The van der Waals surface area contributed by atoms with E-state index >= 15 is 0 Å². The van der Waals surface area contributed by atoms with E-state index < -0.39 is 0 Å². The predicted molar refractivity (Wildman–Crippen MR) is 64.6 cm³/mol. The summed E-state index contributed by atoms with van der Waals surface area (Å²) in [6, 6.07) is 6.10. The average molecular weight is 221 g/mol. The minimum atomic E-state index is 0.0197. The fourth-order valence-corrected chi connectivity index (χ4v) is 1.49. The number of nitrogens with one attached hydrogen (secondary N) is 1. The van der Waals surface area contributed by atoms with Crippen LogP contribution in [0.2, 0.25) is 0 Å². The second kappa shape index (κ2) is 5.12. The van der Waals surface area contributed by atoms with Gasteiger partial charge < -0.3 is 9.63 Å². The van der Waals surface area contributed by atoms with Crippen molar-refractivity contribution in [3.05, 3.63) is 29.3 Å². The highest BCUT2D eigenvalue weighted by molar-refractivity contribution is 5.51. The van der Waals surface area contributed by atoms with Gasteiger partial charge in [-0.2, -0.15) is 0 Å². The topological polar surface area (TPSA) is 38.3 Å². The third-order valence-electron chi connectivity index (χ3n) is 2.29. The second-order valence-corrected chi connectivity index (χ2v) is 4.87. The third kappa shape index (κ3) is 3.35. The molecule has 88 valence electrons. The Morgan fingerprint density at radius 1 is 1.38 bits per heavy atom. The van der Waals surface area contributed by atoms with E-state index in [1.807, 2.05) is 13.0 Å². The number of hydroxylamine groups is 1. The molecular weight excluding hydrogens is 202 g/mol.